The molecule has 1 fully saturated rings. The van der Waals surface area contributed by atoms with Crippen molar-refractivity contribution in [1.82, 2.24) is 25.4 Å². The van der Waals surface area contributed by atoms with Crippen molar-refractivity contribution in [3.8, 4) is 0 Å². The zero-order valence-corrected chi connectivity index (χ0v) is 26.6. The van der Waals surface area contributed by atoms with Crippen molar-refractivity contribution in [3.63, 3.8) is 0 Å². The third-order valence-electron chi connectivity index (χ3n) is 8.73. The lowest BCUT2D eigenvalue weighted by Gasteiger charge is -2.42. The zero-order chi connectivity index (χ0) is 32.0. The Morgan fingerprint density at radius 1 is 0.978 bits per heavy atom. The molecule has 2 heterocycles. The number of aliphatic hydroxyl groups excluding tert-OH is 2. The van der Waals surface area contributed by atoms with Crippen molar-refractivity contribution in [2.24, 2.45) is 5.92 Å². The summed E-state index contributed by atoms with van der Waals surface area (Å²) >= 11 is 0. The monoisotopic (exact) mass is 613 g/mol. The van der Waals surface area contributed by atoms with E-state index in [9.17, 15) is 19.8 Å². The van der Waals surface area contributed by atoms with Crippen LogP contribution in [0.15, 0.2) is 79.1 Å². The first-order valence-electron chi connectivity index (χ1n) is 16.0. The molecule has 5 atom stereocenters. The highest BCUT2D eigenvalue weighted by molar-refractivity contribution is 5.83. The Labute approximate surface area is 266 Å². The smallest absolute Gasteiger partial charge is 0.239 e. The Hall–Kier alpha value is -3.63. The SMILES string of the molecule is CC(C)(C)NC(=O)[C@@H]1CN(Cc2ccncc2)CCN1C[C@@H](O)C[C@@H](Cc1ccccc1)C(=O)N[C@H]1c2ccccc2C[C@H]1O. The number of aromatic nitrogens is 1. The van der Waals surface area contributed by atoms with Crippen LogP contribution in [-0.2, 0) is 29.0 Å². The van der Waals surface area contributed by atoms with E-state index in [1.807, 2.05) is 87.5 Å². The van der Waals surface area contributed by atoms with E-state index >= 15 is 0 Å². The number of hydrogen-bond acceptors (Lipinski definition) is 7. The minimum atomic E-state index is -0.832. The molecule has 4 N–H and O–H groups in total. The summed E-state index contributed by atoms with van der Waals surface area (Å²) < 4.78 is 0. The van der Waals surface area contributed by atoms with E-state index in [-0.39, 0.29) is 24.8 Å². The summed E-state index contributed by atoms with van der Waals surface area (Å²) in [5.74, 6) is -0.776. The molecule has 2 aliphatic rings. The summed E-state index contributed by atoms with van der Waals surface area (Å²) in [4.78, 5) is 35.8. The van der Waals surface area contributed by atoms with Gasteiger partial charge in [0.15, 0.2) is 0 Å². The van der Waals surface area contributed by atoms with Crippen LogP contribution in [0.5, 0.6) is 0 Å². The predicted molar refractivity (Wildman–Crippen MR) is 174 cm³/mol. The number of rotatable bonds is 11. The topological polar surface area (TPSA) is 118 Å². The van der Waals surface area contributed by atoms with E-state index in [1.54, 1.807) is 12.4 Å². The number of nitrogens with one attached hydrogen (secondary N) is 2. The number of amides is 2. The number of β-amino-alcohol motifs (C(OH)–C–C–N with tert-alkyl or cyclic N) is 1. The largest absolute Gasteiger partial charge is 0.392 e. The van der Waals surface area contributed by atoms with Gasteiger partial charge in [0.1, 0.15) is 6.04 Å². The Morgan fingerprint density at radius 3 is 2.42 bits per heavy atom. The maximum absolute atomic E-state index is 13.8. The fourth-order valence-electron chi connectivity index (χ4n) is 6.56. The molecular weight excluding hydrogens is 566 g/mol. The van der Waals surface area contributed by atoms with Gasteiger partial charge >= 0.3 is 0 Å². The van der Waals surface area contributed by atoms with Gasteiger partial charge in [0, 0.05) is 63.0 Å². The molecule has 1 aliphatic carbocycles. The molecule has 2 aromatic carbocycles. The number of hydrogen-bond donors (Lipinski definition) is 4. The third kappa shape index (κ3) is 8.98. The van der Waals surface area contributed by atoms with Crippen LogP contribution in [0.2, 0.25) is 0 Å². The summed E-state index contributed by atoms with van der Waals surface area (Å²) in [7, 11) is 0. The molecule has 3 aromatic rings. The van der Waals surface area contributed by atoms with Crippen LogP contribution in [-0.4, -0.2) is 86.8 Å². The van der Waals surface area contributed by atoms with Gasteiger partial charge in [0.2, 0.25) is 11.8 Å². The average Bonchev–Trinajstić information content (AvgIpc) is 3.32. The molecule has 0 spiro atoms. The number of benzene rings is 2. The second-order valence-electron chi connectivity index (χ2n) is 13.6. The quantitative estimate of drug-likeness (QED) is 0.263. The number of fused-ring (bicyclic) bond motifs is 1. The molecular formula is C36H47N5O4. The third-order valence-corrected chi connectivity index (χ3v) is 8.73. The summed E-state index contributed by atoms with van der Waals surface area (Å²) in [5.41, 5.74) is 3.73. The minimum Gasteiger partial charge on any atom is -0.392 e. The molecule has 5 rings (SSSR count). The Bertz CT molecular complexity index is 1410. The minimum absolute atomic E-state index is 0.0680. The molecule has 0 radical (unpaired) electrons. The van der Waals surface area contributed by atoms with Gasteiger partial charge in [-0.25, -0.2) is 0 Å². The number of pyridine rings is 1. The first-order chi connectivity index (χ1) is 21.6. The van der Waals surface area contributed by atoms with Gasteiger partial charge in [-0.15, -0.1) is 0 Å². The molecule has 9 nitrogen and oxygen atoms in total. The lowest BCUT2D eigenvalue weighted by molar-refractivity contribution is -0.132. The normalized spacial score (nSPS) is 21.9. The number of carbonyl (C=O) groups excluding carboxylic acids is 2. The summed E-state index contributed by atoms with van der Waals surface area (Å²) in [6.07, 6.45) is 3.22. The molecule has 9 heteroatoms. The fourth-order valence-corrected chi connectivity index (χ4v) is 6.56. The Balaban J connectivity index is 1.29. The van der Waals surface area contributed by atoms with Crippen LogP contribution in [0.4, 0.5) is 0 Å². The number of nitrogens with zero attached hydrogens (tertiary/aromatic N) is 3. The van der Waals surface area contributed by atoms with Crippen LogP contribution >= 0.6 is 0 Å². The van der Waals surface area contributed by atoms with E-state index in [0.29, 0.717) is 32.5 Å². The van der Waals surface area contributed by atoms with Crippen molar-refractivity contribution < 1.29 is 19.8 Å². The van der Waals surface area contributed by atoms with Gasteiger partial charge in [-0.2, -0.15) is 0 Å². The lowest BCUT2D eigenvalue weighted by atomic mass is 9.91. The van der Waals surface area contributed by atoms with E-state index in [0.717, 1.165) is 28.8 Å². The predicted octanol–water partition coefficient (Wildman–Crippen LogP) is 2.87. The van der Waals surface area contributed by atoms with Gasteiger partial charge < -0.3 is 20.8 Å². The van der Waals surface area contributed by atoms with E-state index in [2.05, 4.69) is 25.4 Å². The number of aliphatic hydroxyl groups is 2. The second-order valence-corrected chi connectivity index (χ2v) is 13.6. The molecule has 0 bridgehead atoms. The fraction of sp³-hybridized carbons (Fsp3) is 0.472. The van der Waals surface area contributed by atoms with Gasteiger partial charge in [-0.3, -0.25) is 24.4 Å². The van der Waals surface area contributed by atoms with E-state index in [4.69, 9.17) is 0 Å². The summed E-state index contributed by atoms with van der Waals surface area (Å²) in [6.45, 7) is 8.79. The molecule has 0 saturated carbocycles. The maximum atomic E-state index is 13.8. The first kappa shape index (κ1) is 32.8. The second kappa shape index (κ2) is 14.6. The standard InChI is InChI=1S/C36H47N5O4/c1-36(2,3)39-35(45)31-24-40(22-26-13-15-37-16-14-26)17-18-41(31)23-29(42)20-28(19-25-9-5-4-6-10-25)34(44)38-33-30-12-8-7-11-27(30)21-32(33)43/h4-16,28-29,31-33,42-43H,17-24H2,1-3H3,(H,38,44)(H,39,45)/t28-,29+,31+,32-,33+/m1/s1. The Morgan fingerprint density at radius 2 is 1.69 bits per heavy atom. The molecule has 1 aliphatic heterocycles. The van der Waals surface area contributed by atoms with Crippen LogP contribution in [0.3, 0.4) is 0 Å². The van der Waals surface area contributed by atoms with Crippen molar-refractivity contribution in [1.29, 1.82) is 0 Å². The molecule has 45 heavy (non-hydrogen) atoms. The highest BCUT2D eigenvalue weighted by atomic mass is 16.3. The molecule has 1 saturated heterocycles. The van der Waals surface area contributed by atoms with Gasteiger partial charge in [-0.1, -0.05) is 54.6 Å². The lowest BCUT2D eigenvalue weighted by Crippen LogP contribution is -2.61. The zero-order valence-electron chi connectivity index (χ0n) is 26.6. The van der Waals surface area contributed by atoms with E-state index in [1.165, 1.54) is 0 Å². The van der Waals surface area contributed by atoms with Crippen molar-refractivity contribution in [2.75, 3.05) is 26.2 Å². The number of carbonyl (C=O) groups is 2. The van der Waals surface area contributed by atoms with Gasteiger partial charge in [0.25, 0.3) is 0 Å². The number of piperazine rings is 1. The van der Waals surface area contributed by atoms with Crippen molar-refractivity contribution in [3.05, 3.63) is 101 Å². The van der Waals surface area contributed by atoms with Crippen LogP contribution in [0.1, 0.15) is 55.5 Å². The highest BCUT2D eigenvalue weighted by Gasteiger charge is 2.37. The maximum Gasteiger partial charge on any atom is 0.239 e. The van der Waals surface area contributed by atoms with Gasteiger partial charge in [0.05, 0.1) is 18.2 Å². The molecule has 2 amide bonds. The van der Waals surface area contributed by atoms with Crippen LogP contribution in [0, 0.1) is 5.92 Å². The van der Waals surface area contributed by atoms with Crippen LogP contribution < -0.4 is 10.6 Å². The molecule has 240 valence electrons. The first-order valence-corrected chi connectivity index (χ1v) is 16.0. The summed E-state index contributed by atoms with van der Waals surface area (Å²) in [6, 6.07) is 20.7. The molecule has 1 aromatic heterocycles. The summed E-state index contributed by atoms with van der Waals surface area (Å²) in [5, 5.41) is 28.5. The van der Waals surface area contributed by atoms with E-state index < -0.39 is 35.7 Å². The van der Waals surface area contributed by atoms with Gasteiger partial charge in [-0.05, 0) is 68.0 Å². The van der Waals surface area contributed by atoms with Crippen LogP contribution in [0.25, 0.3) is 0 Å². The average molecular weight is 614 g/mol. The molecule has 0 unspecified atom stereocenters. The van der Waals surface area contributed by atoms with Crippen molar-refractivity contribution >= 4 is 11.8 Å². The highest BCUT2D eigenvalue weighted by Crippen LogP contribution is 2.32. The Kier molecular flexibility index (Phi) is 10.7. The van der Waals surface area contributed by atoms with Crippen molar-refractivity contribution in [2.45, 2.75) is 76.4 Å².